The number of carbonyl (C=O) groups is 1. The average molecular weight is 443 g/mol. The second-order valence-corrected chi connectivity index (χ2v) is 9.70. The van der Waals surface area contributed by atoms with Gasteiger partial charge in [-0.2, -0.15) is 0 Å². The Balaban J connectivity index is 1.92. The average Bonchev–Trinajstić information content (AvgIpc) is 3.17. The van der Waals surface area contributed by atoms with Gasteiger partial charge in [-0.15, -0.1) is 11.3 Å². The highest BCUT2D eigenvalue weighted by Gasteiger charge is 2.28. The van der Waals surface area contributed by atoms with E-state index in [0.717, 1.165) is 5.56 Å². The number of nitrogens with zero attached hydrogens (tertiary/aromatic N) is 2. The molecule has 1 aliphatic heterocycles. The zero-order valence-corrected chi connectivity index (χ0v) is 18.4. The summed E-state index contributed by atoms with van der Waals surface area (Å²) in [5.41, 5.74) is 1.81. The van der Waals surface area contributed by atoms with Crippen LogP contribution in [0.4, 0.5) is 0 Å². The molecule has 1 aromatic carbocycles. The lowest BCUT2D eigenvalue weighted by atomic mass is 10.0. The number of carbonyl (C=O) groups excluding carboxylic acids is 1. The van der Waals surface area contributed by atoms with Crippen LogP contribution in [0.2, 0.25) is 0 Å². The van der Waals surface area contributed by atoms with Gasteiger partial charge in [0.05, 0.1) is 31.8 Å². The van der Waals surface area contributed by atoms with Crippen LogP contribution in [-0.4, -0.2) is 52.6 Å². The van der Waals surface area contributed by atoms with Crippen molar-refractivity contribution in [2.45, 2.75) is 11.4 Å². The number of likely N-dealkylation sites (N-methyl/N-ethyl adjacent to an activating group) is 1. The maximum Gasteiger partial charge on any atom is 0.340 e. The van der Waals surface area contributed by atoms with E-state index in [1.165, 1.54) is 11.3 Å². The molecule has 0 saturated carbocycles. The quantitative estimate of drug-likeness (QED) is 0.568. The summed E-state index contributed by atoms with van der Waals surface area (Å²) in [6.07, 6.45) is 0. The predicted octanol–water partition coefficient (Wildman–Crippen LogP) is 3.08. The lowest BCUT2D eigenvalue weighted by molar-refractivity contribution is 0.0482. The van der Waals surface area contributed by atoms with Crippen molar-refractivity contribution in [1.82, 2.24) is 9.47 Å². The molecule has 4 rings (SSSR count). The molecule has 0 bridgehead atoms. The number of thiophene rings is 1. The lowest BCUT2D eigenvalue weighted by Gasteiger charge is -2.17. The van der Waals surface area contributed by atoms with Crippen LogP contribution in [0.15, 0.2) is 57.5 Å². The third kappa shape index (κ3) is 3.90. The van der Waals surface area contributed by atoms with Gasteiger partial charge in [0.25, 0.3) is 5.56 Å². The smallest absolute Gasteiger partial charge is 0.340 e. The molecule has 8 heteroatoms. The molecule has 0 N–H and O–H groups in total. The van der Waals surface area contributed by atoms with E-state index in [2.05, 4.69) is 0 Å². The molecule has 1 aliphatic rings. The van der Waals surface area contributed by atoms with Gasteiger partial charge in [-0.1, -0.05) is 30.3 Å². The molecule has 2 aromatic heterocycles. The van der Waals surface area contributed by atoms with Crippen molar-refractivity contribution < 1.29 is 13.7 Å². The number of esters is 1. The molecule has 6 nitrogen and oxygen atoms in total. The number of fused-ring (bicyclic) bond motifs is 3. The van der Waals surface area contributed by atoms with Crippen molar-refractivity contribution in [2.24, 2.45) is 0 Å². The molecule has 0 fully saturated rings. The van der Waals surface area contributed by atoms with Gasteiger partial charge < -0.3 is 14.2 Å². The molecule has 1 unspecified atom stereocenters. The van der Waals surface area contributed by atoms with Gasteiger partial charge in [-0.05, 0) is 37.2 Å². The standard InChI is InChI=1S/C22H22N2O4S2/c1-23(2)9-11-28-22(26)17-14-16(15-6-4-3-5-7-15)21(25)24-10-13-30(27)18-8-12-29-20(18)19(17)24/h3-8,12,14H,9-11,13H2,1-2H3. The summed E-state index contributed by atoms with van der Waals surface area (Å²) in [5.74, 6) is -0.158. The molecule has 0 saturated heterocycles. The zero-order chi connectivity index (χ0) is 21.3. The van der Waals surface area contributed by atoms with Crippen molar-refractivity contribution in [3.05, 3.63) is 63.8 Å². The van der Waals surface area contributed by atoms with E-state index < -0.39 is 16.8 Å². The molecular formula is C22H22N2O4S2. The summed E-state index contributed by atoms with van der Waals surface area (Å²) in [5, 5.41) is 1.84. The number of ether oxygens (including phenoxy) is 1. The van der Waals surface area contributed by atoms with Gasteiger partial charge in [0, 0.05) is 24.4 Å². The van der Waals surface area contributed by atoms with E-state index in [1.807, 2.05) is 60.8 Å². The molecule has 156 valence electrons. The highest BCUT2D eigenvalue weighted by molar-refractivity contribution is 7.85. The minimum absolute atomic E-state index is 0.195. The van der Waals surface area contributed by atoms with E-state index in [4.69, 9.17) is 4.74 Å². The number of hydrogen-bond donors (Lipinski definition) is 0. The number of hydrogen-bond acceptors (Lipinski definition) is 6. The first-order chi connectivity index (χ1) is 14.5. The number of benzene rings is 1. The highest BCUT2D eigenvalue weighted by atomic mass is 32.2. The van der Waals surface area contributed by atoms with Gasteiger partial charge in [-0.3, -0.25) is 9.00 Å². The fourth-order valence-electron chi connectivity index (χ4n) is 3.44. The van der Waals surface area contributed by atoms with Crippen LogP contribution in [0.3, 0.4) is 0 Å². The van der Waals surface area contributed by atoms with Crippen LogP contribution in [-0.2, 0) is 22.1 Å². The molecule has 0 aliphatic carbocycles. The number of aromatic nitrogens is 1. The predicted molar refractivity (Wildman–Crippen MR) is 120 cm³/mol. The topological polar surface area (TPSA) is 68.6 Å². The van der Waals surface area contributed by atoms with E-state index in [1.54, 1.807) is 10.6 Å². The largest absolute Gasteiger partial charge is 0.461 e. The monoisotopic (exact) mass is 442 g/mol. The maximum atomic E-state index is 13.4. The van der Waals surface area contributed by atoms with Gasteiger partial charge in [-0.25, -0.2) is 4.79 Å². The summed E-state index contributed by atoms with van der Waals surface area (Å²) < 4.78 is 19.8. The first-order valence-electron chi connectivity index (χ1n) is 9.58. The Hall–Kier alpha value is -2.55. The maximum absolute atomic E-state index is 13.4. The summed E-state index contributed by atoms with van der Waals surface area (Å²) in [6, 6.07) is 12.7. The first kappa shape index (κ1) is 20.7. The van der Waals surface area contributed by atoms with Crippen LogP contribution in [0.1, 0.15) is 10.4 Å². The van der Waals surface area contributed by atoms with E-state index in [9.17, 15) is 13.8 Å². The molecule has 1 atom stereocenters. The molecule has 3 heterocycles. The first-order valence-corrected chi connectivity index (χ1v) is 11.8. The van der Waals surface area contributed by atoms with Crippen LogP contribution in [0, 0.1) is 0 Å². The molecule has 0 radical (unpaired) electrons. The van der Waals surface area contributed by atoms with Crippen molar-refractivity contribution in [3.8, 4) is 21.7 Å². The summed E-state index contributed by atoms with van der Waals surface area (Å²) in [4.78, 5) is 29.8. The van der Waals surface area contributed by atoms with Crippen molar-refractivity contribution in [2.75, 3.05) is 33.0 Å². The number of pyridine rings is 1. The number of rotatable bonds is 5. The van der Waals surface area contributed by atoms with Crippen LogP contribution >= 0.6 is 11.3 Å². The van der Waals surface area contributed by atoms with Crippen LogP contribution in [0.5, 0.6) is 0 Å². The second kappa shape index (κ2) is 8.67. The normalized spacial score (nSPS) is 15.4. The molecule has 0 spiro atoms. The van der Waals surface area contributed by atoms with Crippen molar-refractivity contribution >= 4 is 28.1 Å². The summed E-state index contributed by atoms with van der Waals surface area (Å²) in [6.45, 7) is 1.12. The van der Waals surface area contributed by atoms with E-state index in [-0.39, 0.29) is 18.7 Å². The fraction of sp³-hybridized carbons (Fsp3) is 0.273. The summed E-state index contributed by atoms with van der Waals surface area (Å²) >= 11 is 1.39. The Kier molecular flexibility index (Phi) is 5.99. The lowest BCUT2D eigenvalue weighted by Crippen LogP contribution is -2.27. The molecule has 30 heavy (non-hydrogen) atoms. The van der Waals surface area contributed by atoms with Gasteiger partial charge in [0.15, 0.2) is 0 Å². The minimum Gasteiger partial charge on any atom is -0.461 e. The Bertz CT molecular complexity index is 1170. The third-order valence-corrected chi connectivity index (χ3v) is 7.39. The van der Waals surface area contributed by atoms with Crippen molar-refractivity contribution in [1.29, 1.82) is 0 Å². The molecule has 0 amide bonds. The van der Waals surface area contributed by atoms with Crippen molar-refractivity contribution in [3.63, 3.8) is 0 Å². The Morgan fingerprint density at radius 1 is 1.23 bits per heavy atom. The summed E-state index contributed by atoms with van der Waals surface area (Å²) in [7, 11) is 2.58. The Labute approximate surface area is 181 Å². The van der Waals surface area contributed by atoms with Crippen LogP contribution in [0.25, 0.3) is 21.7 Å². The van der Waals surface area contributed by atoms with Gasteiger partial charge >= 0.3 is 5.97 Å². The Morgan fingerprint density at radius 3 is 2.73 bits per heavy atom. The highest BCUT2D eigenvalue weighted by Crippen LogP contribution is 2.37. The SMILES string of the molecule is CN(C)CCOC(=O)c1cc(-c2ccccc2)c(=O)n2c1-c1sccc1S(=O)CC2. The van der Waals surface area contributed by atoms with Gasteiger partial charge in [0.1, 0.15) is 6.61 Å². The van der Waals surface area contributed by atoms with Crippen LogP contribution < -0.4 is 5.56 Å². The van der Waals surface area contributed by atoms with Gasteiger partial charge in [0.2, 0.25) is 0 Å². The zero-order valence-electron chi connectivity index (χ0n) is 16.8. The third-order valence-electron chi connectivity index (χ3n) is 4.96. The van der Waals surface area contributed by atoms with E-state index in [0.29, 0.717) is 38.9 Å². The van der Waals surface area contributed by atoms with E-state index >= 15 is 0 Å². The second-order valence-electron chi connectivity index (χ2n) is 7.25. The molecular weight excluding hydrogens is 420 g/mol. The Morgan fingerprint density at radius 2 is 2.00 bits per heavy atom. The molecule has 3 aromatic rings. The fourth-order valence-corrected chi connectivity index (χ4v) is 5.89. The minimum atomic E-state index is -1.23.